The van der Waals surface area contributed by atoms with E-state index in [1.807, 2.05) is 0 Å². The Bertz CT molecular complexity index is 514. The molecule has 1 aromatic heterocycles. The van der Waals surface area contributed by atoms with Crippen molar-refractivity contribution in [1.82, 2.24) is 20.1 Å². The zero-order valence-electron chi connectivity index (χ0n) is 10.0. The lowest BCUT2D eigenvalue weighted by atomic mass is 10.1. The van der Waals surface area contributed by atoms with Crippen molar-refractivity contribution in [2.45, 2.75) is 12.6 Å². The summed E-state index contributed by atoms with van der Waals surface area (Å²) in [6.45, 7) is 0.787. The summed E-state index contributed by atoms with van der Waals surface area (Å²) in [6, 6.07) is 5.94. The summed E-state index contributed by atoms with van der Waals surface area (Å²) in [7, 11) is 1.79. The van der Waals surface area contributed by atoms with Crippen LogP contribution in [-0.2, 0) is 13.6 Å². The molecule has 1 unspecified atom stereocenters. The number of aryl methyl sites for hydroxylation is 1. The molecule has 0 spiro atoms. The normalized spacial score (nSPS) is 12.6. The first kappa shape index (κ1) is 12.7. The molecule has 96 valence electrons. The molecule has 0 saturated heterocycles. The Hall–Kier alpha value is -1.79. The summed E-state index contributed by atoms with van der Waals surface area (Å²) < 4.78 is 14.6. The van der Waals surface area contributed by atoms with E-state index in [1.165, 1.54) is 12.1 Å². The maximum absolute atomic E-state index is 13.0. The van der Waals surface area contributed by atoms with Gasteiger partial charge in [-0.2, -0.15) is 5.10 Å². The number of aliphatic hydroxyl groups excluding tert-OH is 1. The van der Waals surface area contributed by atoms with Gasteiger partial charge in [0.25, 0.3) is 0 Å². The maximum atomic E-state index is 13.0. The topological polar surface area (TPSA) is 63.0 Å². The SMILES string of the molecule is Cn1cnc(CNCC(O)c2cccc(F)c2)n1. The number of benzene rings is 1. The minimum atomic E-state index is -0.746. The lowest BCUT2D eigenvalue weighted by Gasteiger charge is -2.11. The van der Waals surface area contributed by atoms with Crippen molar-refractivity contribution < 1.29 is 9.50 Å². The highest BCUT2D eigenvalue weighted by Gasteiger charge is 2.08. The molecule has 6 heteroatoms. The van der Waals surface area contributed by atoms with Crippen LogP contribution in [0.3, 0.4) is 0 Å². The Morgan fingerprint density at radius 2 is 2.33 bits per heavy atom. The number of nitrogens with one attached hydrogen (secondary N) is 1. The third-order valence-corrected chi connectivity index (χ3v) is 2.50. The van der Waals surface area contributed by atoms with E-state index in [2.05, 4.69) is 15.4 Å². The van der Waals surface area contributed by atoms with Gasteiger partial charge in [-0.05, 0) is 17.7 Å². The number of hydrogen-bond acceptors (Lipinski definition) is 4. The molecule has 0 aliphatic heterocycles. The second kappa shape index (κ2) is 5.70. The summed E-state index contributed by atoms with van der Waals surface area (Å²) in [5.74, 6) is 0.307. The second-order valence-electron chi connectivity index (χ2n) is 4.04. The van der Waals surface area contributed by atoms with Gasteiger partial charge in [0, 0.05) is 13.6 Å². The number of hydrogen-bond donors (Lipinski definition) is 2. The van der Waals surface area contributed by atoms with Crippen molar-refractivity contribution in [3.8, 4) is 0 Å². The molecule has 0 amide bonds. The standard InChI is InChI=1S/C12H15FN4O/c1-17-8-15-12(16-17)7-14-6-11(18)9-3-2-4-10(13)5-9/h2-5,8,11,14,18H,6-7H2,1H3. The Balaban J connectivity index is 1.83. The molecule has 2 N–H and O–H groups in total. The fraction of sp³-hybridized carbons (Fsp3) is 0.333. The van der Waals surface area contributed by atoms with Crippen LogP contribution in [0.1, 0.15) is 17.5 Å². The van der Waals surface area contributed by atoms with Crippen LogP contribution in [-0.4, -0.2) is 26.4 Å². The lowest BCUT2D eigenvalue weighted by Crippen LogP contribution is -2.21. The van der Waals surface area contributed by atoms with Gasteiger partial charge >= 0.3 is 0 Å². The first-order valence-electron chi connectivity index (χ1n) is 5.64. The predicted octanol–water partition coefficient (Wildman–Crippen LogP) is 0.777. The Morgan fingerprint density at radius 3 is 3.00 bits per heavy atom. The quantitative estimate of drug-likeness (QED) is 0.823. The largest absolute Gasteiger partial charge is 0.387 e. The highest BCUT2D eigenvalue weighted by atomic mass is 19.1. The molecule has 0 fully saturated rings. The monoisotopic (exact) mass is 250 g/mol. The van der Waals surface area contributed by atoms with Crippen molar-refractivity contribution in [1.29, 1.82) is 0 Å². The summed E-state index contributed by atoms with van der Waals surface area (Å²) in [5, 5.41) is 17.0. The molecule has 0 radical (unpaired) electrons. The third kappa shape index (κ3) is 3.35. The molecule has 0 saturated carbocycles. The van der Waals surface area contributed by atoms with Crippen LogP contribution in [0.5, 0.6) is 0 Å². The highest BCUT2D eigenvalue weighted by Crippen LogP contribution is 2.12. The molecule has 2 aromatic rings. The van der Waals surface area contributed by atoms with E-state index in [0.29, 0.717) is 24.5 Å². The van der Waals surface area contributed by atoms with Gasteiger partial charge in [0.15, 0.2) is 5.82 Å². The van der Waals surface area contributed by atoms with Crippen molar-refractivity contribution in [2.75, 3.05) is 6.54 Å². The molecule has 0 aliphatic carbocycles. The van der Waals surface area contributed by atoms with Crippen LogP contribution < -0.4 is 5.32 Å². The average molecular weight is 250 g/mol. The first-order chi connectivity index (χ1) is 8.65. The van der Waals surface area contributed by atoms with Gasteiger partial charge in [0.1, 0.15) is 12.1 Å². The smallest absolute Gasteiger partial charge is 0.164 e. The van der Waals surface area contributed by atoms with E-state index in [9.17, 15) is 9.50 Å². The van der Waals surface area contributed by atoms with E-state index < -0.39 is 6.10 Å². The zero-order valence-corrected chi connectivity index (χ0v) is 10.0. The molecular weight excluding hydrogens is 235 g/mol. The van der Waals surface area contributed by atoms with Gasteiger partial charge in [-0.25, -0.2) is 9.37 Å². The van der Waals surface area contributed by atoms with Gasteiger partial charge in [-0.3, -0.25) is 4.68 Å². The molecule has 1 atom stereocenters. The number of halogens is 1. The van der Waals surface area contributed by atoms with Crippen LogP contribution in [0.4, 0.5) is 4.39 Å². The minimum absolute atomic E-state index is 0.321. The zero-order chi connectivity index (χ0) is 13.0. The molecular formula is C12H15FN4O. The number of aromatic nitrogens is 3. The van der Waals surface area contributed by atoms with Gasteiger partial charge in [0.2, 0.25) is 0 Å². The van der Waals surface area contributed by atoms with Crippen LogP contribution in [0.2, 0.25) is 0 Å². The van der Waals surface area contributed by atoms with Gasteiger partial charge in [-0.1, -0.05) is 12.1 Å². The van der Waals surface area contributed by atoms with Gasteiger partial charge < -0.3 is 10.4 Å². The van der Waals surface area contributed by atoms with Crippen LogP contribution in [0.25, 0.3) is 0 Å². The van der Waals surface area contributed by atoms with Crippen molar-refractivity contribution >= 4 is 0 Å². The molecule has 1 heterocycles. The first-order valence-corrected chi connectivity index (χ1v) is 5.64. The lowest BCUT2D eigenvalue weighted by molar-refractivity contribution is 0.173. The summed E-state index contributed by atoms with van der Waals surface area (Å²) in [5.41, 5.74) is 0.552. The van der Waals surface area contributed by atoms with E-state index in [0.717, 1.165) is 0 Å². The van der Waals surface area contributed by atoms with Crippen molar-refractivity contribution in [3.05, 3.63) is 47.8 Å². The Kier molecular flexibility index (Phi) is 4.01. The Morgan fingerprint density at radius 1 is 1.50 bits per heavy atom. The molecule has 0 bridgehead atoms. The van der Waals surface area contributed by atoms with E-state index >= 15 is 0 Å². The fourth-order valence-corrected chi connectivity index (χ4v) is 1.62. The summed E-state index contributed by atoms with van der Waals surface area (Å²) >= 11 is 0. The molecule has 2 rings (SSSR count). The molecule has 18 heavy (non-hydrogen) atoms. The maximum Gasteiger partial charge on any atom is 0.164 e. The molecule has 1 aromatic carbocycles. The van der Waals surface area contributed by atoms with E-state index in [-0.39, 0.29) is 5.82 Å². The second-order valence-corrected chi connectivity index (χ2v) is 4.04. The minimum Gasteiger partial charge on any atom is -0.387 e. The van der Waals surface area contributed by atoms with Crippen LogP contribution >= 0.6 is 0 Å². The predicted molar refractivity (Wildman–Crippen MR) is 64.1 cm³/mol. The fourth-order valence-electron chi connectivity index (χ4n) is 1.62. The van der Waals surface area contributed by atoms with E-state index in [1.54, 1.807) is 30.2 Å². The van der Waals surface area contributed by atoms with Crippen LogP contribution in [0, 0.1) is 5.82 Å². The Labute approximate surface area is 104 Å². The summed E-state index contributed by atoms with van der Waals surface area (Å²) in [6.07, 6.45) is 0.865. The van der Waals surface area contributed by atoms with Gasteiger partial charge in [-0.15, -0.1) is 0 Å². The van der Waals surface area contributed by atoms with Crippen LogP contribution in [0.15, 0.2) is 30.6 Å². The number of rotatable bonds is 5. The van der Waals surface area contributed by atoms with Gasteiger partial charge in [0.05, 0.1) is 12.6 Å². The van der Waals surface area contributed by atoms with E-state index in [4.69, 9.17) is 0 Å². The summed E-state index contributed by atoms with van der Waals surface area (Å²) in [4.78, 5) is 4.05. The van der Waals surface area contributed by atoms with Crippen molar-refractivity contribution in [2.24, 2.45) is 7.05 Å². The number of nitrogens with zero attached hydrogens (tertiary/aromatic N) is 3. The highest BCUT2D eigenvalue weighted by molar-refractivity contribution is 5.18. The van der Waals surface area contributed by atoms with Crippen molar-refractivity contribution in [3.63, 3.8) is 0 Å². The average Bonchev–Trinajstić information content (AvgIpc) is 2.75. The molecule has 5 nitrogen and oxygen atoms in total. The third-order valence-electron chi connectivity index (χ3n) is 2.50. The molecule has 0 aliphatic rings. The number of aliphatic hydroxyl groups is 1.